The fraction of sp³-hybridized carbons (Fsp3) is 0.800. The summed E-state index contributed by atoms with van der Waals surface area (Å²) in [6, 6.07) is 0. The van der Waals surface area contributed by atoms with Crippen LogP contribution in [-0.2, 0) is 9.63 Å². The minimum absolute atomic E-state index is 0.0301. The number of carbonyl (C=O) groups is 1. The number of rotatable bonds is 0. The topological polar surface area (TPSA) is 38.3 Å². The van der Waals surface area contributed by atoms with Crippen molar-refractivity contribution in [2.45, 2.75) is 24.9 Å². The molecule has 0 radical (unpaired) electrons. The Hall–Kier alpha value is -0.570. The summed E-state index contributed by atoms with van der Waals surface area (Å²) >= 11 is 0. The van der Waals surface area contributed by atoms with Gasteiger partial charge in [-0.05, 0) is 12.8 Å². The summed E-state index contributed by atoms with van der Waals surface area (Å²) in [5.74, 6) is 0.0301. The van der Waals surface area contributed by atoms with E-state index in [4.69, 9.17) is 4.84 Å². The summed E-state index contributed by atoms with van der Waals surface area (Å²) < 4.78 is 0. The lowest BCUT2D eigenvalue weighted by Crippen LogP contribution is -2.12. The first-order valence-electron chi connectivity index (χ1n) is 2.78. The summed E-state index contributed by atoms with van der Waals surface area (Å²) in [6.45, 7) is 0. The molecule has 3 nitrogen and oxygen atoms in total. The molecule has 1 saturated heterocycles. The average Bonchev–Trinajstić information content (AvgIpc) is 2.34. The minimum Gasteiger partial charge on any atom is -0.273 e. The molecule has 0 aromatic rings. The Bertz CT molecular complexity index is 139. The van der Waals surface area contributed by atoms with Crippen LogP contribution in [0.3, 0.4) is 0 Å². The van der Waals surface area contributed by atoms with Crippen molar-refractivity contribution in [2.24, 2.45) is 0 Å². The molecular weight excluding hydrogens is 106 g/mol. The summed E-state index contributed by atoms with van der Waals surface area (Å²) in [5.41, 5.74) is 2.29. The molecule has 0 atom stereocenters. The first-order chi connectivity index (χ1) is 3.81. The van der Waals surface area contributed by atoms with E-state index in [2.05, 4.69) is 5.48 Å². The second kappa shape index (κ2) is 1.05. The van der Waals surface area contributed by atoms with Crippen molar-refractivity contribution >= 4 is 5.91 Å². The molecule has 1 N–H and O–H groups in total. The van der Waals surface area contributed by atoms with E-state index in [9.17, 15) is 4.79 Å². The number of hydroxylamine groups is 1. The van der Waals surface area contributed by atoms with Crippen molar-refractivity contribution in [2.75, 3.05) is 0 Å². The molecule has 0 aromatic heterocycles. The highest BCUT2D eigenvalue weighted by molar-refractivity contribution is 5.78. The van der Waals surface area contributed by atoms with Crippen LogP contribution in [0.1, 0.15) is 19.3 Å². The van der Waals surface area contributed by atoms with Gasteiger partial charge in [0, 0.05) is 0 Å². The van der Waals surface area contributed by atoms with Gasteiger partial charge in [0.15, 0.2) is 0 Å². The molecule has 2 aliphatic rings. The molecule has 44 valence electrons. The molecule has 8 heavy (non-hydrogen) atoms. The van der Waals surface area contributed by atoms with Gasteiger partial charge in [-0.2, -0.15) is 0 Å². The average molecular weight is 113 g/mol. The lowest BCUT2D eigenvalue weighted by Gasteiger charge is -1.96. The Labute approximate surface area is 47.0 Å². The van der Waals surface area contributed by atoms with Crippen LogP contribution in [0.15, 0.2) is 0 Å². The molecule has 1 heterocycles. The van der Waals surface area contributed by atoms with Crippen LogP contribution < -0.4 is 5.48 Å². The van der Waals surface area contributed by atoms with Crippen molar-refractivity contribution in [3.63, 3.8) is 0 Å². The maximum absolute atomic E-state index is 10.5. The second-order valence-electron chi connectivity index (χ2n) is 2.49. The summed E-state index contributed by atoms with van der Waals surface area (Å²) in [4.78, 5) is 15.4. The van der Waals surface area contributed by atoms with Crippen LogP contribution in [0.5, 0.6) is 0 Å². The molecule has 1 saturated carbocycles. The Morgan fingerprint density at radius 2 is 2.38 bits per heavy atom. The van der Waals surface area contributed by atoms with E-state index < -0.39 is 0 Å². The fourth-order valence-corrected chi connectivity index (χ4v) is 0.948. The number of hydrogen-bond donors (Lipinski definition) is 1. The molecule has 3 heteroatoms. The summed E-state index contributed by atoms with van der Waals surface area (Å²) in [7, 11) is 0. The van der Waals surface area contributed by atoms with Gasteiger partial charge in [-0.1, -0.05) is 0 Å². The van der Waals surface area contributed by atoms with Crippen molar-refractivity contribution < 1.29 is 9.63 Å². The molecule has 2 fully saturated rings. The molecule has 0 bridgehead atoms. The highest BCUT2D eigenvalue weighted by Gasteiger charge is 2.50. The molecule has 1 aliphatic heterocycles. The third-order valence-electron chi connectivity index (χ3n) is 1.67. The Morgan fingerprint density at radius 3 is 2.62 bits per heavy atom. The molecule has 0 aromatic carbocycles. The van der Waals surface area contributed by atoms with Gasteiger partial charge in [0.05, 0.1) is 6.42 Å². The highest BCUT2D eigenvalue weighted by atomic mass is 16.7. The third kappa shape index (κ3) is 0.448. The lowest BCUT2D eigenvalue weighted by molar-refractivity contribution is -0.124. The molecule has 0 unspecified atom stereocenters. The first-order valence-corrected chi connectivity index (χ1v) is 2.78. The van der Waals surface area contributed by atoms with Crippen LogP contribution in [0.2, 0.25) is 0 Å². The van der Waals surface area contributed by atoms with Gasteiger partial charge in [-0.25, -0.2) is 5.48 Å². The van der Waals surface area contributed by atoms with E-state index in [0.717, 1.165) is 12.8 Å². The van der Waals surface area contributed by atoms with Gasteiger partial charge in [0.25, 0.3) is 0 Å². The van der Waals surface area contributed by atoms with E-state index in [1.54, 1.807) is 0 Å². The van der Waals surface area contributed by atoms with Gasteiger partial charge in [0.1, 0.15) is 5.60 Å². The number of amides is 1. The Kier molecular flexibility index (Phi) is 0.568. The predicted molar refractivity (Wildman–Crippen MR) is 25.8 cm³/mol. The Balaban J connectivity index is 2.13. The SMILES string of the molecule is O=C1CC2(CC2)ON1. The molecule has 2 rings (SSSR count). The molecular formula is C5H7NO2. The van der Waals surface area contributed by atoms with E-state index in [1.165, 1.54) is 0 Å². The van der Waals surface area contributed by atoms with Gasteiger partial charge in [0.2, 0.25) is 5.91 Å². The highest BCUT2D eigenvalue weighted by Crippen LogP contribution is 2.44. The van der Waals surface area contributed by atoms with Crippen molar-refractivity contribution in [1.29, 1.82) is 0 Å². The normalized spacial score (nSPS) is 30.8. The zero-order valence-electron chi connectivity index (χ0n) is 4.44. The standard InChI is InChI=1S/C5H7NO2/c7-4-3-5(1-2-5)8-6-4/h1-3H2,(H,6,7). The summed E-state index contributed by atoms with van der Waals surface area (Å²) in [5, 5.41) is 0. The van der Waals surface area contributed by atoms with E-state index in [0.29, 0.717) is 6.42 Å². The number of nitrogens with one attached hydrogen (secondary N) is 1. The third-order valence-corrected chi connectivity index (χ3v) is 1.67. The van der Waals surface area contributed by atoms with Gasteiger partial charge < -0.3 is 0 Å². The number of carbonyl (C=O) groups excluding carboxylic acids is 1. The van der Waals surface area contributed by atoms with E-state index in [1.807, 2.05) is 0 Å². The monoisotopic (exact) mass is 113 g/mol. The second-order valence-corrected chi connectivity index (χ2v) is 2.49. The number of hydrogen-bond acceptors (Lipinski definition) is 2. The smallest absolute Gasteiger partial charge is 0.246 e. The maximum Gasteiger partial charge on any atom is 0.246 e. The van der Waals surface area contributed by atoms with Crippen molar-refractivity contribution in [1.82, 2.24) is 5.48 Å². The maximum atomic E-state index is 10.5. The van der Waals surface area contributed by atoms with E-state index >= 15 is 0 Å². The van der Waals surface area contributed by atoms with Crippen LogP contribution in [0.4, 0.5) is 0 Å². The fourth-order valence-electron chi connectivity index (χ4n) is 0.948. The van der Waals surface area contributed by atoms with Gasteiger partial charge >= 0.3 is 0 Å². The van der Waals surface area contributed by atoms with Gasteiger partial charge in [-0.15, -0.1) is 0 Å². The summed E-state index contributed by atoms with van der Waals surface area (Å²) in [6.07, 6.45) is 2.67. The molecule has 1 aliphatic carbocycles. The molecule has 1 amide bonds. The lowest BCUT2D eigenvalue weighted by atomic mass is 10.2. The van der Waals surface area contributed by atoms with E-state index in [-0.39, 0.29) is 11.5 Å². The molecule has 1 spiro atoms. The van der Waals surface area contributed by atoms with Crippen LogP contribution in [-0.4, -0.2) is 11.5 Å². The minimum atomic E-state index is -0.0446. The first kappa shape index (κ1) is 4.32. The zero-order chi connectivity index (χ0) is 5.61. The quantitative estimate of drug-likeness (QED) is 0.479. The predicted octanol–water partition coefficient (Wildman–Crippen LogP) is -0.0295. The van der Waals surface area contributed by atoms with Crippen LogP contribution in [0, 0.1) is 0 Å². The van der Waals surface area contributed by atoms with Gasteiger partial charge in [-0.3, -0.25) is 9.63 Å². The van der Waals surface area contributed by atoms with Crippen molar-refractivity contribution in [3.05, 3.63) is 0 Å². The zero-order valence-corrected chi connectivity index (χ0v) is 4.44. The van der Waals surface area contributed by atoms with Crippen LogP contribution >= 0.6 is 0 Å². The largest absolute Gasteiger partial charge is 0.273 e. The van der Waals surface area contributed by atoms with Crippen molar-refractivity contribution in [3.8, 4) is 0 Å². The Morgan fingerprint density at radius 1 is 1.62 bits per heavy atom. The van der Waals surface area contributed by atoms with Crippen LogP contribution in [0.25, 0.3) is 0 Å².